The monoisotopic (exact) mass is 423 g/mol. The smallest absolute Gasteiger partial charge is 0.326 e. The highest BCUT2D eigenvalue weighted by Gasteiger charge is 2.38. The van der Waals surface area contributed by atoms with Crippen molar-refractivity contribution in [2.24, 2.45) is 11.1 Å². The van der Waals surface area contributed by atoms with Crippen molar-refractivity contribution in [2.75, 3.05) is 24.0 Å². The number of amides is 1. The molecule has 0 unspecified atom stereocenters. The Balaban J connectivity index is 1.63. The molecule has 4 rings (SSSR count). The number of carbonyl (C=O) groups excluding carboxylic acids is 1. The molecule has 2 aromatic rings. The van der Waals surface area contributed by atoms with E-state index in [4.69, 9.17) is 10.5 Å². The standard InChI is InChI=1S/C19H22FN3O5S/c20-17-14-9-13(28-7-6-19(11-21)4-1-5-19)3-2-12(14)8-15(24)18(17)23-10-16(25)22-29(23,26)27/h2-3,8-9,24H,1,4-7,10-11,21H2,(H,22,25). The van der Waals surface area contributed by atoms with E-state index in [0.29, 0.717) is 28.6 Å². The number of hydrogen-bond donors (Lipinski definition) is 3. The Hall–Kier alpha value is -2.59. The first-order chi connectivity index (χ1) is 13.7. The van der Waals surface area contributed by atoms with Crippen molar-refractivity contribution in [2.45, 2.75) is 25.7 Å². The third kappa shape index (κ3) is 3.46. The summed E-state index contributed by atoms with van der Waals surface area (Å²) in [6, 6.07) is 5.96. The second-order valence-electron chi connectivity index (χ2n) is 7.63. The van der Waals surface area contributed by atoms with Crippen molar-refractivity contribution in [3.8, 4) is 11.5 Å². The zero-order valence-electron chi connectivity index (χ0n) is 15.7. The van der Waals surface area contributed by atoms with Crippen LogP contribution in [0.15, 0.2) is 24.3 Å². The molecule has 8 nitrogen and oxygen atoms in total. The van der Waals surface area contributed by atoms with Crippen LogP contribution in [0.1, 0.15) is 25.7 Å². The molecule has 1 saturated carbocycles. The van der Waals surface area contributed by atoms with Crippen molar-refractivity contribution in [1.29, 1.82) is 0 Å². The van der Waals surface area contributed by atoms with E-state index in [1.54, 1.807) is 16.9 Å². The van der Waals surface area contributed by atoms with Crippen molar-refractivity contribution < 1.29 is 27.4 Å². The minimum atomic E-state index is -4.25. The van der Waals surface area contributed by atoms with Gasteiger partial charge in [-0.2, -0.15) is 8.42 Å². The summed E-state index contributed by atoms with van der Waals surface area (Å²) in [5.74, 6) is -1.88. The van der Waals surface area contributed by atoms with Gasteiger partial charge in [-0.15, -0.1) is 0 Å². The number of nitrogens with zero attached hydrogens (tertiary/aromatic N) is 1. The van der Waals surface area contributed by atoms with E-state index in [1.807, 2.05) is 0 Å². The van der Waals surface area contributed by atoms with E-state index in [1.165, 1.54) is 18.6 Å². The lowest BCUT2D eigenvalue weighted by Gasteiger charge is -2.40. The number of ether oxygens (including phenoxy) is 1. The molecule has 2 fully saturated rings. The molecule has 1 aliphatic carbocycles. The van der Waals surface area contributed by atoms with Crippen LogP contribution >= 0.6 is 0 Å². The SMILES string of the molecule is NCC1(CCOc2ccc3cc(O)c(N4CC(=O)NS4(=O)=O)c(F)c3c2)CCC1. The van der Waals surface area contributed by atoms with Crippen LogP contribution in [0.25, 0.3) is 10.8 Å². The average molecular weight is 423 g/mol. The summed E-state index contributed by atoms with van der Waals surface area (Å²) < 4.78 is 47.4. The molecule has 1 saturated heterocycles. The van der Waals surface area contributed by atoms with Crippen LogP contribution in [0.5, 0.6) is 11.5 Å². The van der Waals surface area contributed by atoms with E-state index in [9.17, 15) is 18.3 Å². The highest BCUT2D eigenvalue weighted by atomic mass is 32.2. The number of nitrogens with two attached hydrogens (primary N) is 1. The maximum Gasteiger partial charge on any atom is 0.326 e. The Kier molecular flexibility index (Phi) is 4.78. The Morgan fingerprint density at radius 2 is 2.07 bits per heavy atom. The summed E-state index contributed by atoms with van der Waals surface area (Å²) >= 11 is 0. The number of aromatic hydroxyl groups is 1. The summed E-state index contributed by atoms with van der Waals surface area (Å²) in [7, 11) is -4.25. The van der Waals surface area contributed by atoms with Crippen molar-refractivity contribution >= 4 is 32.6 Å². The Morgan fingerprint density at radius 3 is 2.66 bits per heavy atom. The molecule has 10 heteroatoms. The van der Waals surface area contributed by atoms with Crippen LogP contribution in [0.3, 0.4) is 0 Å². The largest absolute Gasteiger partial charge is 0.506 e. The van der Waals surface area contributed by atoms with E-state index >= 15 is 4.39 Å². The molecule has 4 N–H and O–H groups in total. The number of halogens is 1. The minimum absolute atomic E-state index is 0.0852. The van der Waals surface area contributed by atoms with Gasteiger partial charge in [0.1, 0.15) is 23.7 Å². The molecule has 0 radical (unpaired) electrons. The zero-order chi connectivity index (χ0) is 20.8. The Labute approximate surface area is 167 Å². The van der Waals surface area contributed by atoms with Crippen LogP contribution < -0.4 is 19.5 Å². The Bertz CT molecular complexity index is 1080. The summed E-state index contributed by atoms with van der Waals surface area (Å²) in [5.41, 5.74) is 5.42. The molecule has 1 amide bonds. The van der Waals surface area contributed by atoms with Gasteiger partial charge in [0.15, 0.2) is 5.82 Å². The predicted molar refractivity (Wildman–Crippen MR) is 105 cm³/mol. The maximum absolute atomic E-state index is 15.2. The van der Waals surface area contributed by atoms with Gasteiger partial charge in [-0.05, 0) is 54.8 Å². The van der Waals surface area contributed by atoms with Crippen LogP contribution in [-0.4, -0.2) is 39.1 Å². The van der Waals surface area contributed by atoms with Gasteiger partial charge < -0.3 is 15.6 Å². The predicted octanol–water partition coefficient (Wildman–Crippen LogP) is 1.76. The molecule has 156 valence electrons. The Morgan fingerprint density at radius 1 is 1.31 bits per heavy atom. The first kappa shape index (κ1) is 19.7. The lowest BCUT2D eigenvalue weighted by Crippen LogP contribution is -2.38. The molecular weight excluding hydrogens is 401 g/mol. The van der Waals surface area contributed by atoms with E-state index in [2.05, 4.69) is 0 Å². The van der Waals surface area contributed by atoms with Gasteiger partial charge in [-0.1, -0.05) is 12.5 Å². The fraction of sp³-hybridized carbons (Fsp3) is 0.421. The van der Waals surface area contributed by atoms with Crippen molar-refractivity contribution in [3.05, 3.63) is 30.1 Å². The molecule has 29 heavy (non-hydrogen) atoms. The molecule has 2 aromatic carbocycles. The maximum atomic E-state index is 15.2. The molecule has 2 aliphatic rings. The summed E-state index contributed by atoms with van der Waals surface area (Å²) in [6.07, 6.45) is 4.14. The van der Waals surface area contributed by atoms with Gasteiger partial charge >= 0.3 is 10.2 Å². The van der Waals surface area contributed by atoms with E-state index in [-0.39, 0.29) is 10.8 Å². The van der Waals surface area contributed by atoms with Gasteiger partial charge in [0.25, 0.3) is 5.91 Å². The zero-order valence-corrected chi connectivity index (χ0v) is 16.5. The number of phenolic OH excluding ortho intramolecular Hbond substituents is 1. The third-order valence-corrected chi connectivity index (χ3v) is 7.20. The molecule has 0 spiro atoms. The normalized spacial score (nSPS) is 19.8. The first-order valence-electron chi connectivity index (χ1n) is 9.36. The highest BCUT2D eigenvalue weighted by Crippen LogP contribution is 2.43. The number of fused-ring (bicyclic) bond motifs is 1. The average Bonchev–Trinajstić information content (AvgIpc) is 2.90. The van der Waals surface area contributed by atoms with Crippen LogP contribution in [-0.2, 0) is 15.0 Å². The number of carbonyl (C=O) groups is 1. The number of benzene rings is 2. The van der Waals surface area contributed by atoms with E-state index in [0.717, 1.165) is 19.3 Å². The number of phenols is 1. The number of rotatable bonds is 6. The number of anilines is 1. The summed E-state index contributed by atoms with van der Waals surface area (Å²) in [6.45, 7) is 0.451. The molecular formula is C19H22FN3O5S. The highest BCUT2D eigenvalue weighted by molar-refractivity contribution is 7.92. The quantitative estimate of drug-likeness (QED) is 0.651. The van der Waals surface area contributed by atoms with E-state index < -0.39 is 39.9 Å². The third-order valence-electron chi connectivity index (χ3n) is 5.82. The lowest BCUT2D eigenvalue weighted by atomic mass is 9.67. The fourth-order valence-electron chi connectivity index (χ4n) is 3.90. The number of nitrogens with one attached hydrogen (secondary N) is 1. The van der Waals surface area contributed by atoms with Gasteiger partial charge in [0.05, 0.1) is 6.61 Å². The van der Waals surface area contributed by atoms with Crippen molar-refractivity contribution in [1.82, 2.24) is 4.72 Å². The van der Waals surface area contributed by atoms with Crippen molar-refractivity contribution in [3.63, 3.8) is 0 Å². The molecule has 1 aliphatic heterocycles. The molecule has 0 bridgehead atoms. The van der Waals surface area contributed by atoms with Gasteiger partial charge in [0, 0.05) is 5.39 Å². The van der Waals surface area contributed by atoms with Crippen LogP contribution in [0.2, 0.25) is 0 Å². The van der Waals surface area contributed by atoms with Gasteiger partial charge in [0.2, 0.25) is 0 Å². The summed E-state index contributed by atoms with van der Waals surface area (Å²) in [4.78, 5) is 11.5. The molecule has 1 heterocycles. The second kappa shape index (κ2) is 7.03. The van der Waals surface area contributed by atoms with Gasteiger partial charge in [-0.3, -0.25) is 4.79 Å². The fourth-order valence-corrected chi connectivity index (χ4v) is 5.06. The van der Waals surface area contributed by atoms with Gasteiger partial charge in [-0.25, -0.2) is 13.4 Å². The van der Waals surface area contributed by atoms with Crippen LogP contribution in [0, 0.1) is 11.2 Å². The minimum Gasteiger partial charge on any atom is -0.506 e. The summed E-state index contributed by atoms with van der Waals surface area (Å²) in [5, 5.41) is 10.7. The molecule has 0 aromatic heterocycles. The molecule has 0 atom stereocenters. The topological polar surface area (TPSA) is 122 Å². The second-order valence-corrected chi connectivity index (χ2v) is 9.23. The van der Waals surface area contributed by atoms with Crippen LogP contribution in [0.4, 0.5) is 10.1 Å². The number of hydrogen-bond acceptors (Lipinski definition) is 6. The first-order valence-corrected chi connectivity index (χ1v) is 10.8. The lowest BCUT2D eigenvalue weighted by molar-refractivity contribution is -0.117.